The second-order valence-electron chi connectivity index (χ2n) is 3.03. The second kappa shape index (κ2) is 5.86. The molecule has 1 aromatic heterocycles. The van der Waals surface area contributed by atoms with Crippen LogP contribution < -0.4 is 0 Å². The van der Waals surface area contributed by atoms with Crippen LogP contribution in [0.1, 0.15) is 23.4 Å². The van der Waals surface area contributed by atoms with E-state index < -0.39 is 18.1 Å². The van der Waals surface area contributed by atoms with Gasteiger partial charge in [-0.2, -0.15) is 5.26 Å². The van der Waals surface area contributed by atoms with Crippen molar-refractivity contribution >= 4 is 28.6 Å². The summed E-state index contributed by atoms with van der Waals surface area (Å²) in [4.78, 5) is 14.6. The fourth-order valence-corrected chi connectivity index (χ4v) is 1.79. The summed E-state index contributed by atoms with van der Waals surface area (Å²) >= 11 is 1.80. The Hall–Kier alpha value is -1.30. The summed E-state index contributed by atoms with van der Waals surface area (Å²) in [5, 5.41) is 8.69. The zero-order valence-corrected chi connectivity index (χ0v) is 10.9. The first-order chi connectivity index (χ1) is 7.99. The van der Waals surface area contributed by atoms with Crippen molar-refractivity contribution in [2.75, 3.05) is 7.11 Å². The number of aromatic nitrogens is 1. The van der Waals surface area contributed by atoms with Gasteiger partial charge in [0.1, 0.15) is 11.8 Å². The Morgan fingerprint density at radius 3 is 2.82 bits per heavy atom. The number of alkyl halides is 2. The van der Waals surface area contributed by atoms with E-state index in [9.17, 15) is 13.6 Å². The summed E-state index contributed by atoms with van der Waals surface area (Å²) in [6, 6.07) is 3.07. The van der Waals surface area contributed by atoms with Gasteiger partial charge in [-0.3, -0.25) is 4.79 Å². The SMILES string of the molecule is COC(=O)Cc1cc(I)c(C#N)nc1C(F)F. The molecule has 0 aliphatic heterocycles. The summed E-state index contributed by atoms with van der Waals surface area (Å²) in [6.45, 7) is 0. The Morgan fingerprint density at radius 2 is 2.35 bits per heavy atom. The molecule has 0 fully saturated rings. The van der Waals surface area contributed by atoms with E-state index in [0.717, 1.165) is 0 Å². The topological polar surface area (TPSA) is 63.0 Å². The molecule has 1 heterocycles. The zero-order valence-electron chi connectivity index (χ0n) is 8.71. The summed E-state index contributed by atoms with van der Waals surface area (Å²) in [7, 11) is 1.17. The van der Waals surface area contributed by atoms with Crippen molar-refractivity contribution < 1.29 is 18.3 Å². The number of carbonyl (C=O) groups excluding carboxylic acids is 1. The van der Waals surface area contributed by atoms with E-state index in [-0.39, 0.29) is 17.7 Å². The van der Waals surface area contributed by atoms with Gasteiger partial charge in [0.05, 0.1) is 13.5 Å². The molecule has 0 spiro atoms. The Kier molecular flexibility index (Phi) is 4.74. The maximum absolute atomic E-state index is 12.7. The third-order valence-electron chi connectivity index (χ3n) is 1.96. The third-order valence-corrected chi connectivity index (χ3v) is 2.79. The van der Waals surface area contributed by atoms with Crippen LogP contribution in [0, 0.1) is 14.9 Å². The number of methoxy groups -OCH3 is 1. The summed E-state index contributed by atoms with van der Waals surface area (Å²) in [5.41, 5.74) is -0.544. The van der Waals surface area contributed by atoms with Gasteiger partial charge in [0.25, 0.3) is 6.43 Å². The number of esters is 1. The predicted molar refractivity (Wildman–Crippen MR) is 62.3 cm³/mol. The lowest BCUT2D eigenvalue weighted by atomic mass is 10.1. The van der Waals surface area contributed by atoms with E-state index in [1.807, 2.05) is 0 Å². The Balaban J connectivity index is 3.24. The Labute approximate surface area is 110 Å². The van der Waals surface area contributed by atoms with E-state index in [2.05, 4.69) is 9.72 Å². The number of nitrogens with zero attached hydrogens (tertiary/aromatic N) is 2. The van der Waals surface area contributed by atoms with Gasteiger partial charge in [-0.05, 0) is 34.2 Å². The first kappa shape index (κ1) is 13.8. The van der Waals surface area contributed by atoms with Crippen molar-refractivity contribution in [3.63, 3.8) is 0 Å². The Bertz CT molecular complexity index is 486. The highest BCUT2D eigenvalue weighted by molar-refractivity contribution is 14.1. The van der Waals surface area contributed by atoms with Crippen molar-refractivity contribution in [2.24, 2.45) is 0 Å². The number of rotatable bonds is 3. The Morgan fingerprint density at radius 1 is 1.71 bits per heavy atom. The molecule has 4 nitrogen and oxygen atoms in total. The lowest BCUT2D eigenvalue weighted by molar-refractivity contribution is -0.139. The van der Waals surface area contributed by atoms with E-state index in [1.54, 1.807) is 28.7 Å². The van der Waals surface area contributed by atoms with Crippen molar-refractivity contribution in [1.82, 2.24) is 4.98 Å². The van der Waals surface area contributed by atoms with Crippen molar-refractivity contribution in [2.45, 2.75) is 12.8 Å². The molecule has 0 amide bonds. The van der Waals surface area contributed by atoms with Gasteiger partial charge < -0.3 is 4.74 Å². The van der Waals surface area contributed by atoms with Gasteiger partial charge in [-0.1, -0.05) is 0 Å². The molecule has 0 saturated heterocycles. The number of halogens is 3. The van der Waals surface area contributed by atoms with Crippen LogP contribution in [0.5, 0.6) is 0 Å². The first-order valence-electron chi connectivity index (χ1n) is 4.44. The molecule has 0 bridgehead atoms. The van der Waals surface area contributed by atoms with Gasteiger partial charge in [0, 0.05) is 3.57 Å². The number of hydrogen-bond acceptors (Lipinski definition) is 4. The number of nitriles is 1. The lowest BCUT2D eigenvalue weighted by Crippen LogP contribution is -2.10. The zero-order chi connectivity index (χ0) is 13.0. The minimum Gasteiger partial charge on any atom is -0.469 e. The molecular formula is C10H7F2IN2O2. The van der Waals surface area contributed by atoms with Crippen LogP contribution in [0.3, 0.4) is 0 Å². The minimum atomic E-state index is -2.83. The number of pyridine rings is 1. The third kappa shape index (κ3) is 3.33. The second-order valence-corrected chi connectivity index (χ2v) is 4.19. The molecule has 0 atom stereocenters. The molecular weight excluding hydrogens is 345 g/mol. The monoisotopic (exact) mass is 352 g/mol. The molecule has 0 N–H and O–H groups in total. The summed E-state index contributed by atoms with van der Waals surface area (Å²) < 4.78 is 30.2. The van der Waals surface area contributed by atoms with Crippen molar-refractivity contribution in [3.05, 3.63) is 26.6 Å². The molecule has 0 aromatic carbocycles. The molecule has 0 unspecified atom stereocenters. The average Bonchev–Trinajstić information content (AvgIpc) is 2.28. The minimum absolute atomic E-state index is 0.0745. The number of carbonyl (C=O) groups is 1. The largest absolute Gasteiger partial charge is 0.469 e. The molecule has 90 valence electrons. The van der Waals surface area contributed by atoms with E-state index in [0.29, 0.717) is 3.57 Å². The fourth-order valence-electron chi connectivity index (χ4n) is 1.18. The van der Waals surface area contributed by atoms with Gasteiger partial charge in [-0.15, -0.1) is 0 Å². The highest BCUT2D eigenvalue weighted by Crippen LogP contribution is 2.24. The van der Waals surface area contributed by atoms with Gasteiger partial charge in [0.2, 0.25) is 0 Å². The van der Waals surface area contributed by atoms with Crippen LogP contribution in [0.2, 0.25) is 0 Å². The fraction of sp³-hybridized carbons (Fsp3) is 0.300. The van der Waals surface area contributed by atoms with Crippen LogP contribution in [-0.2, 0) is 16.0 Å². The predicted octanol–water partition coefficient (Wildman–Crippen LogP) is 2.21. The van der Waals surface area contributed by atoms with Gasteiger partial charge in [0.15, 0.2) is 5.69 Å². The molecule has 7 heteroatoms. The lowest BCUT2D eigenvalue weighted by Gasteiger charge is -2.08. The van der Waals surface area contributed by atoms with Crippen LogP contribution in [0.25, 0.3) is 0 Å². The smallest absolute Gasteiger partial charge is 0.310 e. The van der Waals surface area contributed by atoms with Crippen LogP contribution in [0.15, 0.2) is 6.07 Å². The summed E-state index contributed by atoms with van der Waals surface area (Å²) in [6.07, 6.45) is -3.12. The van der Waals surface area contributed by atoms with Crippen molar-refractivity contribution in [1.29, 1.82) is 5.26 Å². The van der Waals surface area contributed by atoms with Crippen LogP contribution >= 0.6 is 22.6 Å². The van der Waals surface area contributed by atoms with E-state index in [1.165, 1.54) is 13.2 Å². The molecule has 17 heavy (non-hydrogen) atoms. The average molecular weight is 352 g/mol. The van der Waals surface area contributed by atoms with Gasteiger partial charge >= 0.3 is 5.97 Å². The molecule has 0 saturated carbocycles. The normalized spacial score (nSPS) is 10.1. The maximum Gasteiger partial charge on any atom is 0.310 e. The van der Waals surface area contributed by atoms with Crippen LogP contribution in [0.4, 0.5) is 8.78 Å². The van der Waals surface area contributed by atoms with Gasteiger partial charge in [-0.25, -0.2) is 13.8 Å². The summed E-state index contributed by atoms with van der Waals surface area (Å²) in [5.74, 6) is -0.630. The molecule has 1 rings (SSSR count). The molecule has 1 aromatic rings. The number of ether oxygens (including phenoxy) is 1. The first-order valence-corrected chi connectivity index (χ1v) is 5.51. The standard InChI is InChI=1S/C10H7F2IN2O2/c1-17-8(16)3-5-2-6(13)7(4-14)15-9(5)10(11)12/h2,10H,3H2,1H3. The highest BCUT2D eigenvalue weighted by Gasteiger charge is 2.20. The van der Waals surface area contributed by atoms with Crippen molar-refractivity contribution in [3.8, 4) is 6.07 Å². The van der Waals surface area contributed by atoms with E-state index in [4.69, 9.17) is 5.26 Å². The molecule has 0 aliphatic carbocycles. The highest BCUT2D eigenvalue weighted by atomic mass is 127. The molecule has 0 aliphatic rings. The number of hydrogen-bond donors (Lipinski definition) is 0. The van der Waals surface area contributed by atoms with Crippen LogP contribution in [-0.4, -0.2) is 18.1 Å². The van der Waals surface area contributed by atoms with E-state index >= 15 is 0 Å². The quantitative estimate of drug-likeness (QED) is 0.618. The molecule has 0 radical (unpaired) electrons. The maximum atomic E-state index is 12.7.